The third kappa shape index (κ3) is 14.2. The number of halogens is 2. The second-order valence-electron chi connectivity index (χ2n) is 18.9. The lowest BCUT2D eigenvalue weighted by Crippen LogP contribution is -2.18. The maximum absolute atomic E-state index is 16.1. The summed E-state index contributed by atoms with van der Waals surface area (Å²) < 4.78 is 38.7. The predicted molar refractivity (Wildman–Crippen MR) is 251 cm³/mol. The van der Waals surface area contributed by atoms with Gasteiger partial charge in [0, 0.05) is 46.7 Å². The Morgan fingerprint density at radius 1 is 0.508 bits per heavy atom. The van der Waals surface area contributed by atoms with E-state index in [2.05, 4.69) is 50.5 Å². The summed E-state index contributed by atoms with van der Waals surface area (Å²) in [5, 5.41) is 19.6. The van der Waals surface area contributed by atoms with Gasteiger partial charge in [0.25, 0.3) is 0 Å². The number of nitriles is 2. The molecule has 0 saturated heterocycles. The Balaban J connectivity index is 1.04. The van der Waals surface area contributed by atoms with Crippen molar-refractivity contribution in [3.63, 3.8) is 0 Å². The maximum atomic E-state index is 16.1. The minimum atomic E-state index is -0.566. The summed E-state index contributed by atoms with van der Waals surface area (Å²) in [4.78, 5) is 9.77. The minimum absolute atomic E-state index is 0.0212. The van der Waals surface area contributed by atoms with Crippen LogP contribution in [0.5, 0.6) is 11.5 Å². The number of pyridine rings is 2. The first-order chi connectivity index (χ1) is 30.9. The van der Waals surface area contributed by atoms with Crippen molar-refractivity contribution < 1.29 is 13.5 Å². The van der Waals surface area contributed by atoms with E-state index in [4.69, 9.17) is 14.7 Å². The fraction of sp³-hybridized carbons (Fsp3) is 0.571. The van der Waals surface area contributed by atoms with E-state index in [9.17, 15) is 10.5 Å². The first-order valence-electron chi connectivity index (χ1n) is 24.9. The fourth-order valence-corrected chi connectivity index (χ4v) is 10.2. The zero-order valence-corrected chi connectivity index (χ0v) is 38.4. The van der Waals surface area contributed by atoms with Crippen LogP contribution >= 0.6 is 0 Å². The van der Waals surface area contributed by atoms with E-state index < -0.39 is 11.6 Å². The van der Waals surface area contributed by atoms with E-state index in [1.807, 2.05) is 12.1 Å². The SMILES string of the molecule is CCCCCCCCCc1ccc([C@H]2CC[C@H](Cc3c(Oc4ccc(C#N)c(F)c4C[C@H]4CC[C@H](c5ccc(CCCCCCCCC)cn5)CC4)ccc(C#N)c3F)CC2)nc1. The highest BCUT2D eigenvalue weighted by atomic mass is 19.1. The van der Waals surface area contributed by atoms with Gasteiger partial charge in [-0.05, 0) is 149 Å². The van der Waals surface area contributed by atoms with Crippen LogP contribution in [-0.4, -0.2) is 9.97 Å². The Kier molecular flexibility index (Phi) is 19.5. The number of aromatic nitrogens is 2. The minimum Gasteiger partial charge on any atom is -0.457 e. The molecule has 0 unspecified atom stereocenters. The molecule has 0 aliphatic heterocycles. The van der Waals surface area contributed by atoms with Gasteiger partial charge in [0.15, 0.2) is 0 Å². The van der Waals surface area contributed by atoms with Crippen LogP contribution in [0.15, 0.2) is 60.9 Å². The maximum Gasteiger partial charge on any atom is 0.147 e. The molecule has 336 valence electrons. The third-order valence-corrected chi connectivity index (χ3v) is 14.2. The quantitative estimate of drug-likeness (QED) is 0.0656. The number of rotatable bonds is 24. The summed E-state index contributed by atoms with van der Waals surface area (Å²) in [5.74, 6) is 0.664. The van der Waals surface area contributed by atoms with E-state index in [0.717, 1.165) is 75.6 Å². The van der Waals surface area contributed by atoms with Gasteiger partial charge in [-0.1, -0.05) is 103 Å². The number of benzene rings is 2. The predicted octanol–water partition coefficient (Wildman–Crippen LogP) is 15.9. The molecule has 4 aromatic rings. The summed E-state index contributed by atoms with van der Waals surface area (Å²) in [6.45, 7) is 4.51. The molecule has 0 radical (unpaired) electrons. The number of nitrogens with zero attached hydrogens (tertiary/aromatic N) is 4. The van der Waals surface area contributed by atoms with E-state index in [-0.39, 0.29) is 23.0 Å². The van der Waals surface area contributed by atoms with E-state index >= 15 is 8.78 Å². The molecule has 63 heavy (non-hydrogen) atoms. The van der Waals surface area contributed by atoms with Crippen LogP contribution in [0.25, 0.3) is 0 Å². The van der Waals surface area contributed by atoms with Crippen LogP contribution in [0, 0.1) is 46.1 Å². The average molecular weight is 855 g/mol. The van der Waals surface area contributed by atoms with Crippen LogP contribution in [0.2, 0.25) is 0 Å². The van der Waals surface area contributed by atoms with Crippen LogP contribution in [0.3, 0.4) is 0 Å². The van der Waals surface area contributed by atoms with Crippen molar-refractivity contribution in [2.45, 2.75) is 193 Å². The van der Waals surface area contributed by atoms with Gasteiger partial charge in [0.2, 0.25) is 0 Å². The lowest BCUT2D eigenvalue weighted by molar-refractivity contribution is 0.312. The summed E-state index contributed by atoms with van der Waals surface area (Å²) in [5.41, 5.74) is 5.58. The Morgan fingerprint density at radius 2 is 0.889 bits per heavy atom. The molecule has 7 heteroatoms. The molecule has 2 aromatic heterocycles. The first-order valence-corrected chi connectivity index (χ1v) is 24.9. The molecule has 2 saturated carbocycles. The van der Waals surface area contributed by atoms with Crippen molar-refractivity contribution in [2.24, 2.45) is 11.8 Å². The third-order valence-electron chi connectivity index (χ3n) is 14.2. The monoisotopic (exact) mass is 855 g/mol. The summed E-state index contributed by atoms with van der Waals surface area (Å²) in [6.07, 6.45) is 32.9. The summed E-state index contributed by atoms with van der Waals surface area (Å²) in [7, 11) is 0. The van der Waals surface area contributed by atoms with Gasteiger partial charge < -0.3 is 4.74 Å². The standard InChI is InChI=1S/C56H72F2N4O/c1-3-5-7-9-11-13-15-17-43-23-31-51(61-39-43)45-25-19-41(20-26-45)35-49-53(33-29-47(37-59)55(49)57)63-54-34-30-48(38-60)56(58)50(54)36-42-21-27-46(28-22-42)52-32-24-44(40-62-52)18-16-14-12-10-8-6-4-2/h23-24,29-34,39-42,45-46H,3-22,25-28,35-36H2,1-2H3/t41-,42-,45-,46-. The molecule has 0 bridgehead atoms. The van der Waals surface area contributed by atoms with Gasteiger partial charge in [-0.25, -0.2) is 8.78 Å². The van der Waals surface area contributed by atoms with Crippen LogP contribution in [-0.2, 0) is 25.7 Å². The van der Waals surface area contributed by atoms with Gasteiger partial charge in [-0.2, -0.15) is 10.5 Å². The fourth-order valence-electron chi connectivity index (χ4n) is 10.2. The highest BCUT2D eigenvalue weighted by molar-refractivity contribution is 5.50. The molecular weight excluding hydrogens is 783 g/mol. The Labute approximate surface area is 378 Å². The molecule has 0 atom stereocenters. The van der Waals surface area contributed by atoms with Crippen LogP contribution < -0.4 is 4.74 Å². The average Bonchev–Trinajstić information content (AvgIpc) is 3.31. The van der Waals surface area contributed by atoms with Crippen molar-refractivity contribution in [3.8, 4) is 23.6 Å². The van der Waals surface area contributed by atoms with E-state index in [0.29, 0.717) is 47.3 Å². The second kappa shape index (κ2) is 25.6. The van der Waals surface area contributed by atoms with Crippen molar-refractivity contribution in [1.82, 2.24) is 9.97 Å². The lowest BCUT2D eigenvalue weighted by Gasteiger charge is -2.29. The second-order valence-corrected chi connectivity index (χ2v) is 18.9. The number of hydrogen-bond acceptors (Lipinski definition) is 5. The number of ether oxygens (including phenoxy) is 1. The van der Waals surface area contributed by atoms with Crippen molar-refractivity contribution >= 4 is 0 Å². The van der Waals surface area contributed by atoms with Crippen molar-refractivity contribution in [1.29, 1.82) is 10.5 Å². The highest BCUT2D eigenvalue weighted by Crippen LogP contribution is 2.42. The Hall–Kier alpha value is -4.62. The molecule has 2 aromatic carbocycles. The molecule has 0 N–H and O–H groups in total. The number of hydrogen-bond donors (Lipinski definition) is 0. The molecule has 2 aliphatic rings. The van der Waals surface area contributed by atoms with Gasteiger partial charge in [0.05, 0.1) is 11.1 Å². The van der Waals surface area contributed by atoms with Gasteiger partial charge in [-0.3, -0.25) is 9.97 Å². The van der Waals surface area contributed by atoms with Crippen LogP contribution in [0.4, 0.5) is 8.78 Å². The van der Waals surface area contributed by atoms with Gasteiger partial charge in [-0.15, -0.1) is 0 Å². The number of unbranched alkanes of at least 4 members (excludes halogenated alkanes) is 12. The Bertz CT molecular complexity index is 1920. The van der Waals surface area contributed by atoms with Crippen molar-refractivity contribution in [2.75, 3.05) is 0 Å². The molecule has 5 nitrogen and oxygen atoms in total. The largest absolute Gasteiger partial charge is 0.457 e. The van der Waals surface area contributed by atoms with Crippen molar-refractivity contribution in [3.05, 3.63) is 117 Å². The molecule has 0 spiro atoms. The topological polar surface area (TPSA) is 82.6 Å². The van der Waals surface area contributed by atoms with Gasteiger partial charge in [0.1, 0.15) is 35.3 Å². The molecule has 6 rings (SSSR count). The van der Waals surface area contributed by atoms with E-state index in [1.54, 1.807) is 12.1 Å². The molecular formula is C56H72F2N4O. The smallest absolute Gasteiger partial charge is 0.147 e. The van der Waals surface area contributed by atoms with E-state index in [1.165, 1.54) is 113 Å². The molecule has 2 heterocycles. The zero-order chi connectivity index (χ0) is 44.2. The number of aryl methyl sites for hydroxylation is 2. The molecule has 0 amide bonds. The van der Waals surface area contributed by atoms with Crippen LogP contribution in [0.1, 0.15) is 212 Å². The highest BCUT2D eigenvalue weighted by Gasteiger charge is 2.29. The zero-order valence-electron chi connectivity index (χ0n) is 38.4. The summed E-state index contributed by atoms with van der Waals surface area (Å²) in [6, 6.07) is 19.1. The normalized spacial score (nSPS) is 18.8. The summed E-state index contributed by atoms with van der Waals surface area (Å²) >= 11 is 0. The Morgan fingerprint density at radius 3 is 1.24 bits per heavy atom. The molecule has 2 fully saturated rings. The molecule has 2 aliphatic carbocycles. The lowest BCUT2D eigenvalue weighted by atomic mass is 9.77. The first kappa shape index (κ1) is 47.8. The van der Waals surface area contributed by atoms with Gasteiger partial charge >= 0.3 is 0 Å².